The van der Waals surface area contributed by atoms with Crippen LogP contribution in [0.1, 0.15) is 80.1 Å². The van der Waals surface area contributed by atoms with Gasteiger partial charge in [0.25, 0.3) is 0 Å². The summed E-state index contributed by atoms with van der Waals surface area (Å²) in [6.07, 6.45) is 5.42. The molecule has 168 valence electrons. The molecule has 0 aromatic carbocycles. The van der Waals surface area contributed by atoms with Crippen LogP contribution in [-0.4, -0.2) is 36.7 Å². The topological polar surface area (TPSA) is 133 Å². The van der Waals surface area contributed by atoms with Gasteiger partial charge in [0, 0.05) is 0 Å². The van der Waals surface area contributed by atoms with Crippen LogP contribution in [0.2, 0.25) is 0 Å². The maximum atomic E-state index is 10.4. The van der Waals surface area contributed by atoms with E-state index in [0.717, 1.165) is 13.2 Å². The molecule has 8 nitrogen and oxygen atoms in total. The van der Waals surface area contributed by atoms with Crippen molar-refractivity contribution >= 4 is 23.5 Å². The Bertz CT molecular complexity index is 386. The van der Waals surface area contributed by atoms with Crippen molar-refractivity contribution < 1.29 is 59.1 Å². The molecule has 9 heteroatoms. The van der Waals surface area contributed by atoms with Crippen molar-refractivity contribution in [1.82, 2.24) is 0 Å². The number of carbonyl (C=O) groups is 4. The van der Waals surface area contributed by atoms with E-state index in [-0.39, 0.29) is 11.6 Å². The molecule has 0 saturated heterocycles. The standard InChI is InChI=1S/2C6H10O3.2C4H9O.Zr/c2*1-3-5(4(2)7)6(8)9;2*1-2-3-4-5;/h2*5H,3H2,1-2H3,(H,8,9);2*2-4H2,1H3;/q;;2*-1;+4/p-2. The van der Waals surface area contributed by atoms with Gasteiger partial charge in [0.15, 0.2) is 0 Å². The molecule has 0 heterocycles. The van der Waals surface area contributed by atoms with E-state index >= 15 is 0 Å². The van der Waals surface area contributed by atoms with Crippen LogP contribution in [0.4, 0.5) is 0 Å². The Morgan fingerprint density at radius 3 is 1.17 bits per heavy atom. The summed E-state index contributed by atoms with van der Waals surface area (Å²) in [5.41, 5.74) is 0. The first-order chi connectivity index (χ1) is 13.6. The summed E-state index contributed by atoms with van der Waals surface area (Å²) in [5.74, 6) is -5.04. The van der Waals surface area contributed by atoms with Gasteiger partial charge in [-0.2, -0.15) is 0 Å². The number of carbonyl (C=O) groups excluding carboxylic acids is 4. The summed E-state index contributed by atoms with van der Waals surface area (Å²) in [6.45, 7) is 12.0. The van der Waals surface area contributed by atoms with Gasteiger partial charge in [-0.15, -0.1) is 0 Å². The normalized spacial score (nSPS) is 11.5. The van der Waals surface area contributed by atoms with Crippen LogP contribution in [0.15, 0.2) is 0 Å². The van der Waals surface area contributed by atoms with E-state index < -0.39 is 47.9 Å². The summed E-state index contributed by atoms with van der Waals surface area (Å²) >= 11 is -0.876. The molecule has 0 aliphatic heterocycles. The molecule has 0 aliphatic rings. The number of carboxylic acid groups (broad SMARTS) is 2. The first kappa shape index (κ1) is 32.7. The minimum atomic E-state index is -1.27. The third-order valence-corrected chi connectivity index (χ3v) is 5.27. The van der Waals surface area contributed by atoms with Gasteiger partial charge in [-0.25, -0.2) is 0 Å². The Morgan fingerprint density at radius 2 is 1.03 bits per heavy atom. The SMILES string of the molecule is CCC(C(C)=O)C(=O)[O-].CCC(C(C)=O)C(=O)[O-].CCCC[O][Zr+2][O]CCCC. The fraction of sp³-hybridized carbons (Fsp3) is 0.800. The summed E-state index contributed by atoms with van der Waals surface area (Å²) < 4.78 is 10.7. The molecule has 0 aromatic heterocycles. The third-order valence-electron chi connectivity index (χ3n) is 3.68. The summed E-state index contributed by atoms with van der Waals surface area (Å²) in [6, 6.07) is 0. The molecule has 0 rings (SSSR count). The number of unbranched alkanes of at least 4 members (excludes halogenated alkanes) is 2. The van der Waals surface area contributed by atoms with Crippen LogP contribution in [0.25, 0.3) is 0 Å². The fourth-order valence-corrected chi connectivity index (χ4v) is 3.12. The van der Waals surface area contributed by atoms with Gasteiger partial charge in [0.1, 0.15) is 11.6 Å². The Kier molecular flexibility index (Phi) is 26.4. The second kappa shape index (κ2) is 23.4. The van der Waals surface area contributed by atoms with E-state index in [1.165, 1.54) is 39.5 Å². The molecular formula is C20H36O8Zr. The van der Waals surface area contributed by atoms with Gasteiger partial charge in [-0.3, -0.25) is 9.59 Å². The van der Waals surface area contributed by atoms with Crippen LogP contribution < -0.4 is 10.2 Å². The van der Waals surface area contributed by atoms with E-state index in [2.05, 4.69) is 13.8 Å². The van der Waals surface area contributed by atoms with E-state index in [0.29, 0.717) is 12.8 Å². The van der Waals surface area contributed by atoms with Gasteiger partial charge < -0.3 is 19.8 Å². The molecule has 0 aromatic rings. The number of Topliss-reactive ketones (excluding diaryl/α,β-unsaturated/α-hetero) is 2. The second-order valence-electron chi connectivity index (χ2n) is 6.27. The fourth-order valence-electron chi connectivity index (χ4n) is 1.80. The monoisotopic (exact) mass is 494 g/mol. The molecule has 0 N–H and O–H groups in total. The molecule has 0 radical (unpaired) electrons. The summed E-state index contributed by atoms with van der Waals surface area (Å²) in [5, 5.41) is 20.1. The molecule has 0 aliphatic carbocycles. The predicted molar refractivity (Wildman–Crippen MR) is 101 cm³/mol. The Morgan fingerprint density at radius 1 is 0.724 bits per heavy atom. The van der Waals surface area contributed by atoms with Crippen molar-refractivity contribution in [2.45, 2.75) is 80.1 Å². The van der Waals surface area contributed by atoms with Gasteiger partial charge in [0.05, 0.1) is 23.8 Å². The first-order valence-corrected chi connectivity index (χ1v) is 12.0. The van der Waals surface area contributed by atoms with Crippen LogP contribution >= 0.6 is 0 Å². The average Bonchev–Trinajstić information content (AvgIpc) is 2.62. The molecule has 29 heavy (non-hydrogen) atoms. The van der Waals surface area contributed by atoms with Gasteiger partial charge in [-0.1, -0.05) is 13.8 Å². The molecule has 2 unspecified atom stereocenters. The number of carboxylic acids is 2. The number of aliphatic carboxylic acids is 2. The Balaban J connectivity index is -0.000000352. The van der Waals surface area contributed by atoms with Crippen LogP contribution in [0.5, 0.6) is 0 Å². The molecule has 0 fully saturated rings. The van der Waals surface area contributed by atoms with Crippen molar-refractivity contribution in [3.8, 4) is 0 Å². The summed E-state index contributed by atoms with van der Waals surface area (Å²) in [7, 11) is 0. The van der Waals surface area contributed by atoms with Crippen LogP contribution in [0.3, 0.4) is 0 Å². The van der Waals surface area contributed by atoms with E-state index in [1.54, 1.807) is 13.8 Å². The Hall–Kier alpha value is -0.917. The maximum absolute atomic E-state index is 10.4. The van der Waals surface area contributed by atoms with Crippen molar-refractivity contribution in [1.29, 1.82) is 0 Å². The van der Waals surface area contributed by atoms with Crippen molar-refractivity contribution in [2.24, 2.45) is 11.8 Å². The van der Waals surface area contributed by atoms with Crippen LogP contribution in [0, 0.1) is 11.8 Å². The first-order valence-electron chi connectivity index (χ1n) is 10.0. The molecule has 0 saturated carbocycles. The molecule has 2 atom stereocenters. The molecular weight excluding hydrogens is 459 g/mol. The van der Waals surface area contributed by atoms with Crippen molar-refractivity contribution in [2.75, 3.05) is 13.2 Å². The van der Waals surface area contributed by atoms with E-state index in [1.807, 2.05) is 0 Å². The van der Waals surface area contributed by atoms with Crippen molar-refractivity contribution in [3.63, 3.8) is 0 Å². The van der Waals surface area contributed by atoms with Gasteiger partial charge >= 0.3 is 82.5 Å². The number of ketones is 2. The second-order valence-corrected chi connectivity index (χ2v) is 8.10. The molecule has 0 amide bonds. The van der Waals surface area contributed by atoms with E-state index in [4.69, 9.17) is 5.63 Å². The summed E-state index contributed by atoms with van der Waals surface area (Å²) in [4.78, 5) is 40.9. The average molecular weight is 496 g/mol. The van der Waals surface area contributed by atoms with Gasteiger partial charge in [-0.05, 0) is 26.7 Å². The predicted octanol–water partition coefficient (Wildman–Crippen LogP) is 1.24. The van der Waals surface area contributed by atoms with E-state index in [9.17, 15) is 29.4 Å². The van der Waals surface area contributed by atoms with Crippen molar-refractivity contribution in [3.05, 3.63) is 0 Å². The zero-order chi connectivity index (χ0) is 23.2. The number of rotatable bonds is 14. The number of hydrogen-bond acceptors (Lipinski definition) is 8. The zero-order valence-electron chi connectivity index (χ0n) is 18.6. The minimum absolute atomic E-state index is 0.317. The molecule has 0 bridgehead atoms. The quantitative estimate of drug-likeness (QED) is 0.260. The van der Waals surface area contributed by atoms with Crippen LogP contribution in [-0.2, 0) is 48.9 Å². The Labute approximate surface area is 187 Å². The third kappa shape index (κ3) is 23.2. The zero-order valence-corrected chi connectivity index (χ0v) is 21.0. The number of hydrogen-bond donors (Lipinski definition) is 0. The molecule has 0 spiro atoms. The van der Waals surface area contributed by atoms with Gasteiger partial charge in [0.2, 0.25) is 0 Å².